The van der Waals surface area contributed by atoms with Crippen LogP contribution in [0.15, 0.2) is 12.2 Å². The molecule has 0 spiro atoms. The van der Waals surface area contributed by atoms with Crippen molar-refractivity contribution >= 4 is 20.1 Å². The lowest BCUT2D eigenvalue weighted by molar-refractivity contribution is -0.154. The van der Waals surface area contributed by atoms with Crippen LogP contribution < -0.4 is 0 Å². The van der Waals surface area contributed by atoms with Gasteiger partial charge in [-0.15, -0.1) is 0 Å². The highest BCUT2D eigenvalue weighted by Gasteiger charge is 2.48. The van der Waals surface area contributed by atoms with Crippen molar-refractivity contribution in [2.45, 2.75) is 52.8 Å². The summed E-state index contributed by atoms with van der Waals surface area (Å²) in [7, 11) is -1.92. The molecule has 1 aliphatic carbocycles. The molecular weight excluding hydrogens is 284 g/mol. The maximum absolute atomic E-state index is 12.1. The van der Waals surface area contributed by atoms with Crippen LogP contribution in [-0.4, -0.2) is 33.3 Å². The minimum absolute atomic E-state index is 0.0924. The molecule has 0 fully saturated rings. The Morgan fingerprint density at radius 2 is 1.95 bits per heavy atom. The van der Waals surface area contributed by atoms with Crippen molar-refractivity contribution in [1.82, 2.24) is 0 Å². The van der Waals surface area contributed by atoms with Crippen LogP contribution in [0.2, 0.25) is 18.1 Å². The standard InChI is InChI=1S/C16H28O4Si/c1-8-19-14(18)13-12(17)9-10-16(13,5)11-20-21(6,7)15(2,3)4/h9-10,13H,8,11H2,1-7H3/t13?,16-/m1/s1. The van der Waals surface area contributed by atoms with Crippen molar-refractivity contribution in [3.8, 4) is 0 Å². The van der Waals surface area contributed by atoms with Crippen molar-refractivity contribution in [1.29, 1.82) is 0 Å². The van der Waals surface area contributed by atoms with Gasteiger partial charge in [0, 0.05) is 12.0 Å². The molecule has 0 heterocycles. The van der Waals surface area contributed by atoms with Crippen LogP contribution >= 0.6 is 0 Å². The zero-order chi connectivity index (χ0) is 16.5. The van der Waals surface area contributed by atoms with Crippen molar-refractivity contribution in [3.63, 3.8) is 0 Å². The first-order valence-corrected chi connectivity index (χ1v) is 10.4. The number of esters is 1. The average molecular weight is 312 g/mol. The Kier molecular flexibility index (Phi) is 5.21. The quantitative estimate of drug-likeness (QED) is 0.444. The number of hydrogen-bond donors (Lipinski definition) is 0. The predicted octanol–water partition coefficient (Wildman–Crippen LogP) is 3.33. The van der Waals surface area contributed by atoms with E-state index < -0.39 is 25.6 Å². The molecule has 1 aliphatic rings. The molecule has 0 aromatic rings. The van der Waals surface area contributed by atoms with E-state index in [4.69, 9.17) is 9.16 Å². The molecule has 1 rings (SSSR count). The summed E-state index contributed by atoms with van der Waals surface area (Å²) < 4.78 is 11.3. The third-order valence-electron chi connectivity index (χ3n) is 4.64. The zero-order valence-corrected chi connectivity index (χ0v) is 15.3. The van der Waals surface area contributed by atoms with Crippen molar-refractivity contribution in [2.24, 2.45) is 11.3 Å². The molecule has 4 nitrogen and oxygen atoms in total. The summed E-state index contributed by atoms with van der Waals surface area (Å²) in [6.07, 6.45) is 3.28. The van der Waals surface area contributed by atoms with Gasteiger partial charge < -0.3 is 9.16 Å². The van der Waals surface area contributed by atoms with E-state index in [-0.39, 0.29) is 17.4 Å². The summed E-state index contributed by atoms with van der Waals surface area (Å²) in [4.78, 5) is 24.1. The number of ketones is 1. The maximum Gasteiger partial charge on any atom is 0.317 e. The van der Waals surface area contributed by atoms with Gasteiger partial charge in [0.1, 0.15) is 5.92 Å². The zero-order valence-electron chi connectivity index (χ0n) is 14.3. The Morgan fingerprint density at radius 3 is 2.43 bits per heavy atom. The molecule has 0 bridgehead atoms. The third kappa shape index (κ3) is 3.83. The highest BCUT2D eigenvalue weighted by molar-refractivity contribution is 6.74. The second kappa shape index (κ2) is 6.05. The summed E-state index contributed by atoms with van der Waals surface area (Å²) in [5.74, 6) is -1.41. The van der Waals surface area contributed by atoms with E-state index in [1.165, 1.54) is 6.08 Å². The van der Waals surface area contributed by atoms with Crippen LogP contribution in [0.4, 0.5) is 0 Å². The van der Waals surface area contributed by atoms with E-state index in [2.05, 4.69) is 33.9 Å². The van der Waals surface area contributed by atoms with Gasteiger partial charge in [-0.2, -0.15) is 0 Å². The van der Waals surface area contributed by atoms with Crippen molar-refractivity contribution < 1.29 is 18.8 Å². The van der Waals surface area contributed by atoms with Gasteiger partial charge in [0.25, 0.3) is 0 Å². The van der Waals surface area contributed by atoms with E-state index in [9.17, 15) is 9.59 Å². The molecule has 0 amide bonds. The lowest BCUT2D eigenvalue weighted by Crippen LogP contribution is -2.46. The number of allylic oxidation sites excluding steroid dienone is 1. The normalized spacial score (nSPS) is 26.2. The van der Waals surface area contributed by atoms with Crippen LogP contribution in [0.1, 0.15) is 34.6 Å². The second-order valence-corrected chi connectivity index (χ2v) is 12.3. The molecule has 0 aliphatic heterocycles. The fraction of sp³-hybridized carbons (Fsp3) is 0.750. The largest absolute Gasteiger partial charge is 0.465 e. The summed E-state index contributed by atoms with van der Waals surface area (Å²) in [5, 5.41) is 0.0924. The highest BCUT2D eigenvalue weighted by Crippen LogP contribution is 2.41. The molecular formula is C16H28O4Si. The van der Waals surface area contributed by atoms with Gasteiger partial charge in [0.05, 0.1) is 6.61 Å². The number of rotatable bonds is 5. The van der Waals surface area contributed by atoms with Crippen LogP contribution in [0.5, 0.6) is 0 Å². The van der Waals surface area contributed by atoms with Gasteiger partial charge in [-0.05, 0) is 31.1 Å². The molecule has 1 unspecified atom stereocenters. The van der Waals surface area contributed by atoms with Gasteiger partial charge in [0.15, 0.2) is 14.1 Å². The monoisotopic (exact) mass is 312 g/mol. The molecule has 0 aromatic heterocycles. The fourth-order valence-electron chi connectivity index (χ4n) is 2.08. The molecule has 0 aromatic carbocycles. The minimum atomic E-state index is -1.92. The van der Waals surface area contributed by atoms with Crippen LogP contribution in [0.25, 0.3) is 0 Å². The molecule has 21 heavy (non-hydrogen) atoms. The van der Waals surface area contributed by atoms with E-state index >= 15 is 0 Å². The Morgan fingerprint density at radius 1 is 1.38 bits per heavy atom. The lowest BCUT2D eigenvalue weighted by atomic mass is 9.80. The van der Waals surface area contributed by atoms with Gasteiger partial charge >= 0.3 is 5.97 Å². The molecule has 2 atom stereocenters. The Hall–Kier alpha value is -0.943. The topological polar surface area (TPSA) is 52.6 Å². The number of carbonyl (C=O) groups is 2. The van der Waals surface area contributed by atoms with E-state index in [1.54, 1.807) is 13.0 Å². The number of ether oxygens (including phenoxy) is 1. The molecule has 0 saturated heterocycles. The fourth-order valence-corrected chi connectivity index (χ4v) is 3.19. The Labute approximate surface area is 129 Å². The van der Waals surface area contributed by atoms with E-state index in [0.717, 1.165) is 0 Å². The average Bonchev–Trinajstić information content (AvgIpc) is 2.63. The number of carbonyl (C=O) groups excluding carboxylic acids is 2. The maximum atomic E-state index is 12.1. The molecule has 0 saturated carbocycles. The van der Waals surface area contributed by atoms with Gasteiger partial charge in [-0.25, -0.2) is 0 Å². The smallest absolute Gasteiger partial charge is 0.317 e. The van der Waals surface area contributed by atoms with Crippen molar-refractivity contribution in [2.75, 3.05) is 13.2 Å². The highest BCUT2D eigenvalue weighted by atomic mass is 28.4. The molecule has 0 N–H and O–H groups in total. The first kappa shape index (κ1) is 18.1. The van der Waals surface area contributed by atoms with Gasteiger partial charge in [-0.3, -0.25) is 9.59 Å². The van der Waals surface area contributed by atoms with Crippen LogP contribution in [0.3, 0.4) is 0 Å². The minimum Gasteiger partial charge on any atom is -0.465 e. The summed E-state index contributed by atoms with van der Waals surface area (Å²) in [5.41, 5.74) is -0.612. The van der Waals surface area contributed by atoms with Crippen molar-refractivity contribution in [3.05, 3.63) is 12.2 Å². The van der Waals surface area contributed by atoms with E-state index in [1.807, 2.05) is 6.92 Å². The summed E-state index contributed by atoms with van der Waals surface area (Å²) in [6.45, 7) is 15.1. The first-order valence-electron chi connectivity index (χ1n) is 7.48. The Balaban J connectivity index is 2.87. The van der Waals surface area contributed by atoms with Gasteiger partial charge in [0.2, 0.25) is 0 Å². The lowest BCUT2D eigenvalue weighted by Gasteiger charge is -2.39. The summed E-state index contributed by atoms with van der Waals surface area (Å²) >= 11 is 0. The van der Waals surface area contributed by atoms with Crippen LogP contribution in [-0.2, 0) is 18.8 Å². The molecule has 120 valence electrons. The first-order chi connectivity index (χ1) is 9.44. The molecule has 5 heteroatoms. The SMILES string of the molecule is CCOC(=O)C1C(=O)C=C[C@]1(C)CO[Si](C)(C)C(C)(C)C. The van der Waals surface area contributed by atoms with Gasteiger partial charge in [-0.1, -0.05) is 33.8 Å². The summed E-state index contributed by atoms with van der Waals surface area (Å²) in [6, 6.07) is 0. The second-order valence-electron chi connectivity index (χ2n) is 7.48. The van der Waals surface area contributed by atoms with E-state index in [0.29, 0.717) is 6.61 Å². The molecule has 0 radical (unpaired) electrons. The number of hydrogen-bond acceptors (Lipinski definition) is 4. The predicted molar refractivity (Wildman–Crippen MR) is 85.5 cm³/mol. The Bertz CT molecular complexity index is 448. The third-order valence-corrected chi connectivity index (χ3v) is 9.12. The van der Waals surface area contributed by atoms with Crippen LogP contribution in [0, 0.1) is 11.3 Å².